The Morgan fingerprint density at radius 3 is 2.46 bits per heavy atom. The van der Waals surface area contributed by atoms with Gasteiger partial charge in [0, 0.05) is 30.5 Å². The summed E-state index contributed by atoms with van der Waals surface area (Å²) in [5.41, 5.74) is 1.61. The first-order chi connectivity index (χ1) is 11.6. The second kappa shape index (κ2) is 7.25. The number of amides is 2. The standard InChI is InChI=1S/C19H21N3O2/c1-14(21-18(23)16-5-3-2-4-6-16)19(24)22(17-7-8-17)13-15-9-11-20-12-10-15/h2-6,9-12,14,17H,7-8,13H2,1H3,(H,21,23). The summed E-state index contributed by atoms with van der Waals surface area (Å²) in [4.78, 5) is 30.9. The third kappa shape index (κ3) is 3.98. The van der Waals surface area contributed by atoms with Crippen LogP contribution in [0.3, 0.4) is 0 Å². The quantitative estimate of drug-likeness (QED) is 0.888. The molecule has 1 aliphatic carbocycles. The number of rotatable bonds is 6. The molecular formula is C19H21N3O2. The maximum Gasteiger partial charge on any atom is 0.251 e. The van der Waals surface area contributed by atoms with Gasteiger partial charge in [0.15, 0.2) is 0 Å². The molecule has 0 radical (unpaired) electrons. The molecule has 1 N–H and O–H groups in total. The highest BCUT2D eigenvalue weighted by atomic mass is 16.2. The number of nitrogens with zero attached hydrogens (tertiary/aromatic N) is 2. The molecule has 3 rings (SSSR count). The van der Waals surface area contributed by atoms with Gasteiger partial charge in [-0.1, -0.05) is 18.2 Å². The summed E-state index contributed by atoms with van der Waals surface area (Å²) in [6.07, 6.45) is 5.50. The molecule has 5 nitrogen and oxygen atoms in total. The highest BCUT2D eigenvalue weighted by molar-refractivity contribution is 5.97. The van der Waals surface area contributed by atoms with Gasteiger partial charge in [-0.25, -0.2) is 0 Å². The highest BCUT2D eigenvalue weighted by Crippen LogP contribution is 2.29. The molecule has 1 saturated carbocycles. The summed E-state index contributed by atoms with van der Waals surface area (Å²) in [6, 6.07) is 12.5. The van der Waals surface area contributed by atoms with E-state index in [9.17, 15) is 9.59 Å². The van der Waals surface area contributed by atoms with Gasteiger partial charge in [0.05, 0.1) is 0 Å². The first-order valence-electron chi connectivity index (χ1n) is 8.20. The zero-order valence-corrected chi connectivity index (χ0v) is 13.7. The molecule has 1 fully saturated rings. The first-order valence-corrected chi connectivity index (χ1v) is 8.20. The molecule has 124 valence electrons. The minimum Gasteiger partial charge on any atom is -0.341 e. The maximum absolute atomic E-state index is 12.8. The number of aromatic nitrogens is 1. The van der Waals surface area contributed by atoms with Gasteiger partial charge in [0.1, 0.15) is 6.04 Å². The average molecular weight is 323 g/mol. The summed E-state index contributed by atoms with van der Waals surface area (Å²) in [5, 5.41) is 2.80. The van der Waals surface area contributed by atoms with E-state index in [-0.39, 0.29) is 17.9 Å². The second-order valence-corrected chi connectivity index (χ2v) is 6.11. The molecule has 1 atom stereocenters. The van der Waals surface area contributed by atoms with Crippen LogP contribution in [-0.4, -0.2) is 33.8 Å². The number of carbonyl (C=O) groups excluding carboxylic acids is 2. The van der Waals surface area contributed by atoms with E-state index >= 15 is 0 Å². The third-order valence-corrected chi connectivity index (χ3v) is 4.13. The van der Waals surface area contributed by atoms with Gasteiger partial charge in [0.25, 0.3) is 5.91 Å². The summed E-state index contributed by atoms with van der Waals surface area (Å²) < 4.78 is 0. The Morgan fingerprint density at radius 1 is 1.17 bits per heavy atom. The van der Waals surface area contributed by atoms with Crippen LogP contribution in [0.15, 0.2) is 54.9 Å². The molecule has 1 aliphatic rings. The van der Waals surface area contributed by atoms with Crippen LogP contribution in [0, 0.1) is 0 Å². The molecule has 2 aromatic rings. The fraction of sp³-hybridized carbons (Fsp3) is 0.316. The van der Waals surface area contributed by atoms with Crippen molar-refractivity contribution in [1.82, 2.24) is 15.2 Å². The molecule has 2 amide bonds. The fourth-order valence-electron chi connectivity index (χ4n) is 2.64. The van der Waals surface area contributed by atoms with Crippen LogP contribution in [-0.2, 0) is 11.3 Å². The Bertz CT molecular complexity index is 699. The van der Waals surface area contributed by atoms with Crippen LogP contribution < -0.4 is 5.32 Å². The van der Waals surface area contributed by atoms with E-state index in [1.54, 1.807) is 43.6 Å². The fourth-order valence-corrected chi connectivity index (χ4v) is 2.64. The number of benzene rings is 1. The molecule has 1 aromatic heterocycles. The van der Waals surface area contributed by atoms with Gasteiger partial charge in [-0.3, -0.25) is 14.6 Å². The predicted octanol–water partition coefficient (Wildman–Crippen LogP) is 2.39. The van der Waals surface area contributed by atoms with E-state index < -0.39 is 6.04 Å². The van der Waals surface area contributed by atoms with Crippen LogP contribution in [0.4, 0.5) is 0 Å². The lowest BCUT2D eigenvalue weighted by Crippen LogP contribution is -2.47. The highest BCUT2D eigenvalue weighted by Gasteiger charge is 2.35. The number of carbonyl (C=O) groups is 2. The lowest BCUT2D eigenvalue weighted by molar-refractivity contribution is -0.134. The van der Waals surface area contributed by atoms with E-state index in [4.69, 9.17) is 0 Å². The topological polar surface area (TPSA) is 62.3 Å². The molecule has 0 spiro atoms. The van der Waals surface area contributed by atoms with Gasteiger partial charge in [-0.15, -0.1) is 0 Å². The molecule has 0 saturated heterocycles. The molecule has 0 aliphatic heterocycles. The molecule has 1 heterocycles. The van der Waals surface area contributed by atoms with Gasteiger partial charge in [-0.2, -0.15) is 0 Å². The molecule has 1 unspecified atom stereocenters. The third-order valence-electron chi connectivity index (χ3n) is 4.13. The van der Waals surface area contributed by atoms with Crippen molar-refractivity contribution in [3.63, 3.8) is 0 Å². The minimum atomic E-state index is -0.555. The Kier molecular flexibility index (Phi) is 4.89. The maximum atomic E-state index is 12.8. The molecule has 0 bridgehead atoms. The minimum absolute atomic E-state index is 0.0430. The van der Waals surface area contributed by atoms with Gasteiger partial charge >= 0.3 is 0 Å². The lowest BCUT2D eigenvalue weighted by Gasteiger charge is -2.26. The van der Waals surface area contributed by atoms with Crippen LogP contribution in [0.5, 0.6) is 0 Å². The zero-order chi connectivity index (χ0) is 16.9. The van der Waals surface area contributed by atoms with E-state index in [2.05, 4.69) is 10.3 Å². The molecule has 1 aromatic carbocycles. The van der Waals surface area contributed by atoms with Crippen molar-refractivity contribution < 1.29 is 9.59 Å². The lowest BCUT2D eigenvalue weighted by atomic mass is 10.2. The van der Waals surface area contributed by atoms with E-state index in [1.807, 2.05) is 23.1 Å². The Labute approximate surface area is 141 Å². The summed E-state index contributed by atoms with van der Waals surface area (Å²) in [6.45, 7) is 2.29. The number of hydrogen-bond acceptors (Lipinski definition) is 3. The summed E-state index contributed by atoms with van der Waals surface area (Å²) in [5.74, 6) is -0.269. The van der Waals surface area contributed by atoms with Crippen LogP contribution in [0.1, 0.15) is 35.7 Å². The monoisotopic (exact) mass is 323 g/mol. The molecular weight excluding hydrogens is 302 g/mol. The second-order valence-electron chi connectivity index (χ2n) is 6.11. The largest absolute Gasteiger partial charge is 0.341 e. The van der Waals surface area contributed by atoms with Gasteiger partial charge in [-0.05, 0) is 49.6 Å². The number of nitrogens with one attached hydrogen (secondary N) is 1. The van der Waals surface area contributed by atoms with E-state index in [0.29, 0.717) is 12.1 Å². The number of pyridine rings is 1. The van der Waals surface area contributed by atoms with E-state index in [0.717, 1.165) is 18.4 Å². The van der Waals surface area contributed by atoms with Gasteiger partial charge < -0.3 is 10.2 Å². The summed E-state index contributed by atoms with van der Waals surface area (Å²) >= 11 is 0. The molecule has 24 heavy (non-hydrogen) atoms. The first kappa shape index (κ1) is 16.2. The predicted molar refractivity (Wildman–Crippen MR) is 91.2 cm³/mol. The van der Waals surface area contributed by atoms with Crippen molar-refractivity contribution in [2.24, 2.45) is 0 Å². The Morgan fingerprint density at radius 2 is 1.83 bits per heavy atom. The van der Waals surface area contributed by atoms with Gasteiger partial charge in [0.2, 0.25) is 5.91 Å². The van der Waals surface area contributed by atoms with Crippen molar-refractivity contribution in [2.75, 3.05) is 0 Å². The Balaban J connectivity index is 1.65. The van der Waals surface area contributed by atoms with Crippen LogP contribution in [0.2, 0.25) is 0 Å². The normalized spacial score (nSPS) is 14.7. The zero-order valence-electron chi connectivity index (χ0n) is 13.7. The number of hydrogen-bond donors (Lipinski definition) is 1. The SMILES string of the molecule is CC(NC(=O)c1ccccc1)C(=O)N(Cc1ccncc1)C1CC1. The van der Waals surface area contributed by atoms with Crippen molar-refractivity contribution in [2.45, 2.75) is 38.4 Å². The van der Waals surface area contributed by atoms with Crippen LogP contribution >= 0.6 is 0 Å². The van der Waals surface area contributed by atoms with Crippen molar-refractivity contribution >= 4 is 11.8 Å². The van der Waals surface area contributed by atoms with Crippen molar-refractivity contribution in [3.8, 4) is 0 Å². The smallest absolute Gasteiger partial charge is 0.251 e. The average Bonchev–Trinajstić information content (AvgIpc) is 3.45. The van der Waals surface area contributed by atoms with Crippen LogP contribution in [0.25, 0.3) is 0 Å². The summed E-state index contributed by atoms with van der Waals surface area (Å²) in [7, 11) is 0. The molecule has 5 heteroatoms. The Hall–Kier alpha value is -2.69. The van der Waals surface area contributed by atoms with Crippen molar-refractivity contribution in [3.05, 3.63) is 66.0 Å². The van der Waals surface area contributed by atoms with E-state index in [1.165, 1.54) is 0 Å². The van der Waals surface area contributed by atoms with Crippen molar-refractivity contribution in [1.29, 1.82) is 0 Å².